The number of ketones is 1. The Labute approximate surface area is 96.5 Å². The van der Waals surface area contributed by atoms with Crippen molar-refractivity contribution < 1.29 is 9.53 Å². The van der Waals surface area contributed by atoms with E-state index in [1.807, 2.05) is 0 Å². The van der Waals surface area contributed by atoms with Crippen molar-refractivity contribution in [1.29, 1.82) is 0 Å². The van der Waals surface area contributed by atoms with Crippen LogP contribution in [-0.2, 0) is 9.53 Å². The molecule has 2 fully saturated rings. The van der Waals surface area contributed by atoms with Gasteiger partial charge in [0.25, 0.3) is 0 Å². The summed E-state index contributed by atoms with van der Waals surface area (Å²) in [5, 5.41) is 0. The van der Waals surface area contributed by atoms with Crippen molar-refractivity contribution >= 4 is 18.2 Å². The zero-order chi connectivity index (χ0) is 9.97. The summed E-state index contributed by atoms with van der Waals surface area (Å²) in [5.41, 5.74) is 5.74. The molecule has 0 aromatic carbocycles. The summed E-state index contributed by atoms with van der Waals surface area (Å²) >= 11 is 0. The Balaban J connectivity index is 0.00000112. The second-order valence-corrected chi connectivity index (χ2v) is 4.16. The van der Waals surface area contributed by atoms with Crippen molar-refractivity contribution in [2.24, 2.45) is 5.73 Å². The van der Waals surface area contributed by atoms with Crippen LogP contribution in [0.3, 0.4) is 0 Å². The lowest BCUT2D eigenvalue weighted by atomic mass is 10.0. The Morgan fingerprint density at radius 3 is 2.60 bits per heavy atom. The van der Waals surface area contributed by atoms with E-state index < -0.39 is 0 Å². The average molecular weight is 235 g/mol. The first-order valence-corrected chi connectivity index (χ1v) is 5.38. The van der Waals surface area contributed by atoms with E-state index in [0.717, 1.165) is 32.5 Å². The third kappa shape index (κ3) is 3.41. The normalized spacial score (nSPS) is 33.5. The minimum atomic E-state index is -0.105. The minimum absolute atomic E-state index is 0. The molecule has 2 aliphatic rings. The van der Waals surface area contributed by atoms with Gasteiger partial charge in [0, 0.05) is 38.4 Å². The van der Waals surface area contributed by atoms with Crippen molar-refractivity contribution in [3.05, 3.63) is 0 Å². The quantitative estimate of drug-likeness (QED) is 0.720. The van der Waals surface area contributed by atoms with Crippen LogP contribution < -0.4 is 5.73 Å². The van der Waals surface area contributed by atoms with Crippen LogP contribution >= 0.6 is 12.4 Å². The number of nitrogens with zero attached hydrogens (tertiary/aromatic N) is 1. The maximum absolute atomic E-state index is 11.1. The average Bonchev–Trinajstić information content (AvgIpc) is 2.19. The Morgan fingerprint density at radius 2 is 2.00 bits per heavy atom. The van der Waals surface area contributed by atoms with Crippen LogP contribution in [0.5, 0.6) is 0 Å². The van der Waals surface area contributed by atoms with Gasteiger partial charge in [-0.1, -0.05) is 0 Å². The first-order valence-electron chi connectivity index (χ1n) is 5.38. The van der Waals surface area contributed by atoms with Gasteiger partial charge in [-0.15, -0.1) is 12.4 Å². The predicted molar refractivity (Wildman–Crippen MR) is 60.0 cm³/mol. The highest BCUT2D eigenvalue weighted by Gasteiger charge is 2.27. The molecule has 88 valence electrons. The van der Waals surface area contributed by atoms with Crippen LogP contribution in [0.15, 0.2) is 0 Å². The first-order chi connectivity index (χ1) is 6.75. The molecule has 2 rings (SSSR count). The third-order valence-electron chi connectivity index (χ3n) is 3.16. The zero-order valence-electron chi connectivity index (χ0n) is 8.85. The smallest absolute Gasteiger partial charge is 0.135 e. The van der Waals surface area contributed by atoms with Crippen molar-refractivity contribution in [2.45, 2.75) is 38.0 Å². The van der Waals surface area contributed by atoms with Gasteiger partial charge in [-0.05, 0) is 6.42 Å². The molecule has 0 aliphatic carbocycles. The molecule has 0 radical (unpaired) electrons. The van der Waals surface area contributed by atoms with Crippen LogP contribution in [0.2, 0.25) is 0 Å². The highest BCUT2D eigenvalue weighted by atomic mass is 35.5. The Bertz CT molecular complexity index is 215. The maximum atomic E-state index is 11.1. The zero-order valence-corrected chi connectivity index (χ0v) is 9.67. The minimum Gasteiger partial charge on any atom is -0.363 e. The maximum Gasteiger partial charge on any atom is 0.135 e. The lowest BCUT2D eigenvalue weighted by Crippen LogP contribution is -2.48. The second-order valence-electron chi connectivity index (χ2n) is 4.16. The lowest BCUT2D eigenvalue weighted by molar-refractivity contribution is -0.122. The number of hydrogen-bond donors (Lipinski definition) is 1. The SMILES string of the molecule is Cl.NC1CC(N2CCC(=O)CC2)CCO1. The number of carbonyl (C=O) groups is 1. The fourth-order valence-corrected chi connectivity index (χ4v) is 2.28. The van der Waals surface area contributed by atoms with Gasteiger partial charge in [0.15, 0.2) is 0 Å². The number of hydrogen-bond acceptors (Lipinski definition) is 4. The molecule has 4 nitrogen and oxygen atoms in total. The highest BCUT2D eigenvalue weighted by molar-refractivity contribution is 5.85. The van der Waals surface area contributed by atoms with E-state index in [1.165, 1.54) is 0 Å². The third-order valence-corrected chi connectivity index (χ3v) is 3.16. The predicted octanol–water partition coefficient (Wildman–Crippen LogP) is 0.537. The molecule has 0 amide bonds. The Morgan fingerprint density at radius 1 is 1.33 bits per heavy atom. The van der Waals surface area contributed by atoms with Gasteiger partial charge in [-0.25, -0.2) is 0 Å². The Kier molecular flexibility index (Phi) is 4.99. The number of rotatable bonds is 1. The number of likely N-dealkylation sites (tertiary alicyclic amines) is 1. The monoisotopic (exact) mass is 234 g/mol. The lowest BCUT2D eigenvalue weighted by Gasteiger charge is -2.38. The highest BCUT2D eigenvalue weighted by Crippen LogP contribution is 2.19. The van der Waals surface area contributed by atoms with Gasteiger partial charge in [-0.2, -0.15) is 0 Å². The summed E-state index contributed by atoms with van der Waals surface area (Å²) in [6.45, 7) is 2.59. The number of piperidine rings is 1. The molecule has 2 saturated heterocycles. The molecule has 2 aliphatic heterocycles. The molecule has 2 unspecified atom stereocenters. The molecule has 0 spiro atoms. The fraction of sp³-hybridized carbons (Fsp3) is 0.900. The topological polar surface area (TPSA) is 55.6 Å². The van der Waals surface area contributed by atoms with Crippen molar-refractivity contribution in [1.82, 2.24) is 4.90 Å². The van der Waals surface area contributed by atoms with Crippen molar-refractivity contribution in [3.63, 3.8) is 0 Å². The molecule has 0 aromatic heterocycles. The van der Waals surface area contributed by atoms with Crippen LogP contribution in [0, 0.1) is 0 Å². The van der Waals surface area contributed by atoms with Crippen LogP contribution in [0.1, 0.15) is 25.7 Å². The largest absolute Gasteiger partial charge is 0.363 e. The molecule has 2 heterocycles. The number of halogens is 1. The van der Waals surface area contributed by atoms with Crippen molar-refractivity contribution in [3.8, 4) is 0 Å². The Hall–Kier alpha value is -0.160. The van der Waals surface area contributed by atoms with Gasteiger partial charge >= 0.3 is 0 Å². The van der Waals surface area contributed by atoms with E-state index in [2.05, 4.69) is 4.90 Å². The fourth-order valence-electron chi connectivity index (χ4n) is 2.28. The van der Waals surface area contributed by atoms with E-state index in [0.29, 0.717) is 24.7 Å². The summed E-state index contributed by atoms with van der Waals surface area (Å²) in [5.74, 6) is 0.401. The van der Waals surface area contributed by atoms with Gasteiger partial charge in [0.1, 0.15) is 12.0 Å². The van der Waals surface area contributed by atoms with Gasteiger partial charge < -0.3 is 10.5 Å². The van der Waals surface area contributed by atoms with Crippen LogP contribution in [0.4, 0.5) is 0 Å². The number of Topliss-reactive ketones (excluding diaryl/α,β-unsaturated/α-hetero) is 1. The number of ether oxygens (including phenoxy) is 1. The van der Waals surface area contributed by atoms with Gasteiger partial charge in [0.2, 0.25) is 0 Å². The summed E-state index contributed by atoms with van der Waals surface area (Å²) in [7, 11) is 0. The molecule has 0 bridgehead atoms. The standard InChI is InChI=1S/C10H18N2O2.ClH/c11-10-7-8(3-6-14-10)12-4-1-9(13)2-5-12;/h8,10H,1-7,11H2;1H. The summed E-state index contributed by atoms with van der Waals surface area (Å²) in [6, 6.07) is 0.534. The summed E-state index contributed by atoms with van der Waals surface area (Å²) in [4.78, 5) is 13.5. The van der Waals surface area contributed by atoms with Gasteiger partial charge in [0.05, 0.1) is 6.61 Å². The van der Waals surface area contributed by atoms with Gasteiger partial charge in [-0.3, -0.25) is 9.69 Å². The van der Waals surface area contributed by atoms with Crippen LogP contribution in [0.25, 0.3) is 0 Å². The molecule has 2 atom stereocenters. The molecule has 0 aromatic rings. The van der Waals surface area contributed by atoms with E-state index in [9.17, 15) is 4.79 Å². The second kappa shape index (κ2) is 5.80. The number of carbonyl (C=O) groups excluding carboxylic acids is 1. The number of nitrogens with two attached hydrogens (primary N) is 1. The van der Waals surface area contributed by atoms with E-state index in [-0.39, 0.29) is 18.6 Å². The summed E-state index contributed by atoms with van der Waals surface area (Å²) < 4.78 is 5.30. The van der Waals surface area contributed by atoms with Crippen LogP contribution in [-0.4, -0.2) is 42.6 Å². The molecule has 15 heavy (non-hydrogen) atoms. The van der Waals surface area contributed by atoms with Crippen molar-refractivity contribution in [2.75, 3.05) is 19.7 Å². The molecule has 0 saturated carbocycles. The molecule has 5 heteroatoms. The van der Waals surface area contributed by atoms with E-state index >= 15 is 0 Å². The first kappa shape index (κ1) is 12.9. The summed E-state index contributed by atoms with van der Waals surface area (Å²) in [6.07, 6.45) is 3.29. The molecular formula is C10H19ClN2O2. The molecular weight excluding hydrogens is 216 g/mol. The van der Waals surface area contributed by atoms with E-state index in [1.54, 1.807) is 0 Å². The van der Waals surface area contributed by atoms with E-state index in [4.69, 9.17) is 10.5 Å². The molecule has 2 N–H and O–H groups in total.